The third-order valence-electron chi connectivity index (χ3n) is 4.79. The summed E-state index contributed by atoms with van der Waals surface area (Å²) in [5.41, 5.74) is 2.45. The number of benzene rings is 3. The average molecular weight is 523 g/mol. The zero-order chi connectivity index (χ0) is 23.1. The Balaban J connectivity index is 1.57. The minimum atomic E-state index is -3.68. The van der Waals surface area contributed by atoms with Crippen molar-refractivity contribution in [1.29, 1.82) is 0 Å². The number of sulfonamides is 1. The van der Waals surface area contributed by atoms with Crippen LogP contribution in [-0.4, -0.2) is 22.1 Å². The van der Waals surface area contributed by atoms with E-state index in [2.05, 4.69) is 21.2 Å². The fourth-order valence-corrected chi connectivity index (χ4v) is 4.21. The first-order valence-corrected chi connectivity index (χ1v) is 12.2. The Morgan fingerprint density at radius 1 is 1.06 bits per heavy atom. The quantitative estimate of drug-likeness (QED) is 0.390. The largest absolute Gasteiger partial charge is 0.493 e. The lowest BCUT2D eigenvalue weighted by molar-refractivity contribution is 0.277. The van der Waals surface area contributed by atoms with Crippen LogP contribution in [0.25, 0.3) is 0 Å². The van der Waals surface area contributed by atoms with E-state index in [-0.39, 0.29) is 17.3 Å². The van der Waals surface area contributed by atoms with Gasteiger partial charge in [0, 0.05) is 12.1 Å². The van der Waals surface area contributed by atoms with Gasteiger partial charge < -0.3 is 14.8 Å². The molecule has 0 aliphatic heterocycles. The van der Waals surface area contributed by atoms with Gasteiger partial charge in [0.25, 0.3) is 0 Å². The van der Waals surface area contributed by atoms with Crippen molar-refractivity contribution in [1.82, 2.24) is 5.32 Å². The summed E-state index contributed by atoms with van der Waals surface area (Å²) in [6, 6.07) is 16.8. The minimum absolute atomic E-state index is 0.0868. The summed E-state index contributed by atoms with van der Waals surface area (Å²) in [7, 11) is -2.12. The molecule has 0 unspecified atom stereocenters. The van der Waals surface area contributed by atoms with Gasteiger partial charge >= 0.3 is 0 Å². The molecule has 0 saturated heterocycles. The van der Waals surface area contributed by atoms with E-state index in [1.165, 1.54) is 18.2 Å². The topological polar surface area (TPSA) is 90.6 Å². The van der Waals surface area contributed by atoms with Crippen LogP contribution in [0, 0.1) is 5.82 Å². The Morgan fingerprint density at radius 3 is 2.44 bits per heavy atom. The summed E-state index contributed by atoms with van der Waals surface area (Å²) in [5, 5.41) is 8.46. The SMILES string of the molecule is COc1cc(CNCCc2ccc(S(N)(=O)=O)cc2)cc(Br)c1OCc1ccccc1F. The van der Waals surface area contributed by atoms with Crippen LogP contribution in [-0.2, 0) is 29.6 Å². The lowest BCUT2D eigenvalue weighted by atomic mass is 10.1. The van der Waals surface area contributed by atoms with Crippen LogP contribution in [0.4, 0.5) is 4.39 Å². The molecule has 0 aliphatic carbocycles. The third-order valence-corrected chi connectivity index (χ3v) is 6.31. The standard InChI is InChI=1S/C23H24BrFN2O4S/c1-30-22-13-17(12-20(24)23(22)31-15-18-4-2-3-5-21(18)25)14-27-11-10-16-6-8-19(9-7-16)32(26,28)29/h2-9,12-13,27H,10-11,14-15H2,1H3,(H2,26,28,29). The van der Waals surface area contributed by atoms with Crippen LogP contribution in [0.15, 0.2) is 70.0 Å². The van der Waals surface area contributed by atoms with Crippen molar-refractivity contribution in [2.75, 3.05) is 13.7 Å². The van der Waals surface area contributed by atoms with Gasteiger partial charge in [-0.05, 0) is 70.4 Å². The highest BCUT2D eigenvalue weighted by atomic mass is 79.9. The first kappa shape index (κ1) is 24.2. The molecule has 0 amide bonds. The second kappa shape index (κ2) is 10.9. The summed E-state index contributed by atoms with van der Waals surface area (Å²) in [6.07, 6.45) is 0.729. The summed E-state index contributed by atoms with van der Waals surface area (Å²) in [6.45, 7) is 1.38. The third kappa shape index (κ3) is 6.52. The highest BCUT2D eigenvalue weighted by molar-refractivity contribution is 9.10. The number of methoxy groups -OCH3 is 1. The smallest absolute Gasteiger partial charge is 0.238 e. The number of nitrogens with one attached hydrogen (secondary N) is 1. The van der Waals surface area contributed by atoms with Crippen LogP contribution < -0.4 is 19.9 Å². The molecular formula is C23H24BrFN2O4S. The fraction of sp³-hybridized carbons (Fsp3) is 0.217. The predicted octanol–water partition coefficient (Wildman–Crippen LogP) is 4.16. The minimum Gasteiger partial charge on any atom is -0.493 e. The lowest BCUT2D eigenvalue weighted by Crippen LogP contribution is -2.17. The van der Waals surface area contributed by atoms with Crippen LogP contribution >= 0.6 is 15.9 Å². The highest BCUT2D eigenvalue weighted by Crippen LogP contribution is 2.37. The predicted molar refractivity (Wildman–Crippen MR) is 125 cm³/mol. The van der Waals surface area contributed by atoms with Crippen molar-refractivity contribution < 1.29 is 22.3 Å². The summed E-state index contributed by atoms with van der Waals surface area (Å²) >= 11 is 3.51. The van der Waals surface area contributed by atoms with Crippen LogP contribution in [0.2, 0.25) is 0 Å². The summed E-state index contributed by atoms with van der Waals surface area (Å²) in [4.78, 5) is 0.100. The Labute approximate surface area is 195 Å². The molecule has 0 bridgehead atoms. The van der Waals surface area contributed by atoms with E-state index in [4.69, 9.17) is 14.6 Å². The van der Waals surface area contributed by atoms with Crippen molar-refractivity contribution >= 4 is 26.0 Å². The molecule has 0 fully saturated rings. The van der Waals surface area contributed by atoms with Crippen LogP contribution in [0.3, 0.4) is 0 Å². The first-order chi connectivity index (χ1) is 15.3. The maximum absolute atomic E-state index is 13.8. The number of ether oxygens (including phenoxy) is 2. The molecule has 0 radical (unpaired) electrons. The van der Waals surface area contributed by atoms with Gasteiger partial charge in [0.1, 0.15) is 12.4 Å². The highest BCUT2D eigenvalue weighted by Gasteiger charge is 2.13. The van der Waals surface area contributed by atoms with Gasteiger partial charge in [-0.15, -0.1) is 0 Å². The first-order valence-electron chi connectivity index (χ1n) is 9.83. The molecule has 3 aromatic rings. The number of halogens is 2. The number of hydrogen-bond acceptors (Lipinski definition) is 5. The van der Waals surface area contributed by atoms with E-state index in [9.17, 15) is 12.8 Å². The number of hydrogen-bond donors (Lipinski definition) is 2. The fourth-order valence-electron chi connectivity index (χ4n) is 3.09. The lowest BCUT2D eigenvalue weighted by Gasteiger charge is -2.15. The molecule has 0 saturated carbocycles. The molecule has 0 aliphatic rings. The zero-order valence-electron chi connectivity index (χ0n) is 17.5. The maximum Gasteiger partial charge on any atom is 0.238 e. The number of rotatable bonds is 10. The monoisotopic (exact) mass is 522 g/mol. The van der Waals surface area contributed by atoms with E-state index in [1.807, 2.05) is 12.1 Å². The molecule has 3 N–H and O–H groups in total. The van der Waals surface area contributed by atoms with E-state index in [1.54, 1.807) is 37.4 Å². The Morgan fingerprint density at radius 2 is 1.78 bits per heavy atom. The number of nitrogens with two attached hydrogens (primary N) is 1. The second-order valence-corrected chi connectivity index (χ2v) is 9.52. The van der Waals surface area contributed by atoms with Gasteiger partial charge in [-0.2, -0.15) is 0 Å². The summed E-state index contributed by atoms with van der Waals surface area (Å²) < 4.78 is 48.5. The number of primary sulfonamides is 1. The van der Waals surface area contributed by atoms with E-state index in [0.29, 0.717) is 34.6 Å². The maximum atomic E-state index is 13.8. The van der Waals surface area contributed by atoms with Gasteiger partial charge in [0.05, 0.1) is 16.5 Å². The van der Waals surface area contributed by atoms with Gasteiger partial charge in [-0.25, -0.2) is 17.9 Å². The average Bonchev–Trinajstić information content (AvgIpc) is 2.76. The van der Waals surface area contributed by atoms with E-state index in [0.717, 1.165) is 17.5 Å². The van der Waals surface area contributed by atoms with Gasteiger partial charge in [-0.1, -0.05) is 30.3 Å². The Hall–Kier alpha value is -2.46. The van der Waals surface area contributed by atoms with Crippen molar-refractivity contribution in [2.24, 2.45) is 5.14 Å². The molecule has 0 spiro atoms. The zero-order valence-corrected chi connectivity index (χ0v) is 19.9. The summed E-state index contributed by atoms with van der Waals surface area (Å²) in [5.74, 6) is 0.739. The molecule has 0 atom stereocenters. The Kier molecular flexibility index (Phi) is 8.25. The van der Waals surface area contributed by atoms with Gasteiger partial charge in [0.15, 0.2) is 11.5 Å². The van der Waals surface area contributed by atoms with Crippen molar-refractivity contribution in [3.05, 3.63) is 87.6 Å². The van der Waals surface area contributed by atoms with Gasteiger partial charge in [-0.3, -0.25) is 0 Å². The van der Waals surface area contributed by atoms with E-state index >= 15 is 0 Å². The molecular weight excluding hydrogens is 499 g/mol. The normalized spacial score (nSPS) is 11.4. The second-order valence-electron chi connectivity index (χ2n) is 7.10. The van der Waals surface area contributed by atoms with Crippen LogP contribution in [0.5, 0.6) is 11.5 Å². The van der Waals surface area contributed by atoms with E-state index < -0.39 is 10.0 Å². The molecule has 3 aromatic carbocycles. The van der Waals surface area contributed by atoms with Gasteiger partial charge in [0.2, 0.25) is 10.0 Å². The molecule has 170 valence electrons. The van der Waals surface area contributed by atoms with Crippen LogP contribution in [0.1, 0.15) is 16.7 Å². The molecule has 0 aromatic heterocycles. The molecule has 6 nitrogen and oxygen atoms in total. The molecule has 9 heteroatoms. The molecule has 3 rings (SSSR count). The van der Waals surface area contributed by atoms with Crippen molar-refractivity contribution in [3.8, 4) is 11.5 Å². The molecule has 32 heavy (non-hydrogen) atoms. The Bertz CT molecular complexity index is 1170. The van der Waals surface area contributed by atoms with Crippen molar-refractivity contribution in [2.45, 2.75) is 24.5 Å². The molecule has 0 heterocycles. The van der Waals surface area contributed by atoms with Crippen molar-refractivity contribution in [3.63, 3.8) is 0 Å².